The van der Waals surface area contributed by atoms with E-state index in [-0.39, 0.29) is 55.6 Å². The van der Waals surface area contributed by atoms with Gasteiger partial charge in [-0.05, 0) is 115 Å². The average Bonchev–Trinajstić information content (AvgIpc) is 0.805. The van der Waals surface area contributed by atoms with Crippen molar-refractivity contribution in [3.05, 3.63) is 12.2 Å². The van der Waals surface area contributed by atoms with Crippen molar-refractivity contribution in [2.24, 2.45) is 35.5 Å². The van der Waals surface area contributed by atoms with Gasteiger partial charge in [0.1, 0.15) is 66.5 Å². The molecule has 0 bridgehead atoms. The molecule has 1 aliphatic heterocycles. The van der Waals surface area contributed by atoms with E-state index in [2.05, 4.69) is 20.9 Å². The Morgan fingerprint density at radius 1 is 0.490 bits per heavy atom. The fourth-order valence-electron chi connectivity index (χ4n) is 12.3. The van der Waals surface area contributed by atoms with Crippen LogP contribution in [0.5, 0.6) is 0 Å². The molecule has 0 unspecified atom stereocenters. The predicted octanol–water partition coefficient (Wildman–Crippen LogP) is 4.17. The summed E-state index contributed by atoms with van der Waals surface area (Å²) in [6.45, 7) is 35.3. The van der Waals surface area contributed by atoms with Gasteiger partial charge in [0, 0.05) is 80.9 Å². The van der Waals surface area contributed by atoms with E-state index in [1.807, 2.05) is 68.4 Å². The van der Waals surface area contributed by atoms with Crippen LogP contribution >= 0.6 is 11.8 Å². The van der Waals surface area contributed by atoms with Crippen LogP contribution < -0.4 is 16.0 Å². The molecule has 1 rings (SSSR count). The first kappa shape index (κ1) is 88.2. The number of carbonyl (C=O) groups is 11. The number of hydrogen-bond acceptors (Lipinski definition) is 15. The smallest absolute Gasteiger partial charge is 0.248 e. The van der Waals surface area contributed by atoms with Gasteiger partial charge in [-0.25, -0.2) is 0 Å². The molecule has 96 heavy (non-hydrogen) atoms. The monoisotopic (exact) mass is 1380 g/mol. The number of aliphatic hydroxyl groups is 2. The van der Waals surface area contributed by atoms with Crippen molar-refractivity contribution in [2.75, 3.05) is 87.5 Å². The Morgan fingerprint density at radius 3 is 1.34 bits per heavy atom. The second-order valence-corrected chi connectivity index (χ2v) is 30.4. The van der Waals surface area contributed by atoms with Crippen molar-refractivity contribution in [3.8, 4) is 0 Å². The van der Waals surface area contributed by atoms with Gasteiger partial charge in [-0.3, -0.25) is 52.7 Å². The van der Waals surface area contributed by atoms with E-state index in [0.717, 1.165) is 22.9 Å². The zero-order valence-electron chi connectivity index (χ0n) is 63.6. The highest BCUT2D eigenvalue weighted by molar-refractivity contribution is 7.99. The Balaban J connectivity index is 4.65. The number of rotatable bonds is 22. The molecule has 13 atom stereocenters. The highest BCUT2D eigenvalue weighted by Crippen LogP contribution is 2.28. The fourth-order valence-corrected chi connectivity index (χ4v) is 13.4. The zero-order valence-corrected chi connectivity index (χ0v) is 64.5. The van der Waals surface area contributed by atoms with Crippen LogP contribution in [0.3, 0.4) is 0 Å². The van der Waals surface area contributed by atoms with Gasteiger partial charge in [-0.1, -0.05) is 109 Å². The molecule has 11 amide bonds. The predicted molar refractivity (Wildman–Crippen MR) is 379 cm³/mol. The van der Waals surface area contributed by atoms with Gasteiger partial charge in [-0.2, -0.15) is 11.8 Å². The summed E-state index contributed by atoms with van der Waals surface area (Å²) < 4.78 is 0. The molecule has 0 aromatic rings. The summed E-state index contributed by atoms with van der Waals surface area (Å²) in [5.74, 6) is -9.54. The number of nitrogens with one attached hydrogen (secondary N) is 3. The minimum Gasteiger partial charge on any atom is -0.390 e. The van der Waals surface area contributed by atoms with Crippen LogP contribution in [0.25, 0.3) is 0 Å². The molecule has 5 N–H and O–H groups in total. The first-order valence-corrected chi connectivity index (χ1v) is 35.8. The minimum atomic E-state index is -1.64. The number of thioether (sulfide) groups is 1. The van der Waals surface area contributed by atoms with Gasteiger partial charge in [0.15, 0.2) is 0 Å². The van der Waals surface area contributed by atoms with Crippen molar-refractivity contribution in [2.45, 2.75) is 248 Å². The second kappa shape index (κ2) is 40.3. The molecule has 0 aliphatic carbocycles. The number of likely N-dealkylation sites (N-methyl/N-ethyl adjacent to an activating group) is 8. The molecule has 26 heteroatoms. The van der Waals surface area contributed by atoms with E-state index in [9.17, 15) is 29.4 Å². The Labute approximate surface area is 580 Å². The van der Waals surface area contributed by atoms with Gasteiger partial charge in [0.2, 0.25) is 65.0 Å². The summed E-state index contributed by atoms with van der Waals surface area (Å²) in [6, 6.07) is -14.3. The topological polar surface area (TPSA) is 293 Å². The Hall–Kier alpha value is -5.86. The first-order chi connectivity index (χ1) is 44.3. The standard InChI is InChI=1S/C70H128N12O13S/c1-28-32-33-46(15)58(83)57-69(94)74(20)49(29-2)63(88)79(25)54(40-96-35-34-82(30-3)31-4)66(91)78(24)53(39-70(18,19)95)61(86)73-55(44(11)12)67(92)75(21)50(36-41(5)6)60(85)71-47(16)59(84)72-48(17)62(87)76(22)51(37-42(7)8)64(89)77(23)52(38-43(9)10)65(90)80(26)56(45(13)14)68(93)81(57)27/h28,32,41-58,83,95H,29-31,33-40H2,1-27H3,(H,71,85)(H,72,84)(H,73,86)/b32-28+/t46-,47+,48-,49+,50+,51+,52+,53+,54-,55+,56+,57+,58-/m1/s1. The lowest BCUT2D eigenvalue weighted by Gasteiger charge is -2.43. The maximum atomic E-state index is 15.6. The lowest BCUT2D eigenvalue weighted by atomic mass is 9.91. The molecule has 0 radical (unpaired) electrons. The number of hydrogen-bond donors (Lipinski definition) is 5. The number of nitrogens with zero attached hydrogens (tertiary/aromatic N) is 9. The van der Waals surface area contributed by atoms with E-state index in [4.69, 9.17) is 0 Å². The molecule has 25 nitrogen and oxygen atoms in total. The molecule has 0 spiro atoms. The molecule has 0 aromatic carbocycles. The highest BCUT2D eigenvalue weighted by Gasteiger charge is 2.48. The largest absolute Gasteiger partial charge is 0.390 e. The van der Waals surface area contributed by atoms with Crippen LogP contribution in [0.1, 0.15) is 170 Å². The van der Waals surface area contributed by atoms with E-state index >= 15 is 33.6 Å². The summed E-state index contributed by atoms with van der Waals surface area (Å²) in [7, 11) is 11.3. The highest BCUT2D eigenvalue weighted by atomic mass is 32.2. The molecule has 1 fully saturated rings. The van der Waals surface area contributed by atoms with E-state index in [0.29, 0.717) is 18.7 Å². The van der Waals surface area contributed by atoms with Gasteiger partial charge >= 0.3 is 0 Å². The third-order valence-corrected chi connectivity index (χ3v) is 19.6. The molecular formula is C70H128N12O13S. The maximum absolute atomic E-state index is 15.6. The molecular weight excluding hydrogens is 1250 g/mol. The van der Waals surface area contributed by atoms with Crippen molar-refractivity contribution in [3.63, 3.8) is 0 Å². The first-order valence-electron chi connectivity index (χ1n) is 34.7. The molecule has 1 aliphatic rings. The van der Waals surface area contributed by atoms with Crippen LogP contribution in [0.2, 0.25) is 0 Å². The quantitative estimate of drug-likeness (QED) is 0.0751. The molecule has 552 valence electrons. The summed E-state index contributed by atoms with van der Waals surface area (Å²) >= 11 is 1.40. The van der Waals surface area contributed by atoms with Gasteiger partial charge in [0.25, 0.3) is 0 Å². The molecule has 0 saturated carbocycles. The van der Waals surface area contributed by atoms with Crippen LogP contribution in [0.4, 0.5) is 0 Å². The van der Waals surface area contributed by atoms with E-state index in [1.165, 1.54) is 125 Å². The molecule has 1 saturated heterocycles. The fraction of sp³-hybridized carbons (Fsp3) is 0.814. The van der Waals surface area contributed by atoms with Crippen molar-refractivity contribution >= 4 is 76.7 Å². The Bertz CT molecular complexity index is 2610. The summed E-state index contributed by atoms with van der Waals surface area (Å²) in [4.78, 5) is 177. The SMILES string of the molecule is C/C=C/C[C@@H](C)[C@@H](O)[C@H]1C(=O)N(C)[C@@H](CC)C(=O)N(C)[C@H](CSCCN(CC)CC)C(=O)N(C)[C@@H](CC(C)(C)O)C(=O)N[C@@H](C(C)C)C(=O)N(C)[C@@H](CC(C)C)C(=O)N[C@@H](C)C(=O)N[C@H](C)C(=O)N(C)[C@@H](CC(C)C)C(=O)N(C)[C@@H](CC(C)C)C(=O)N(C)[C@@H](C(C)C)C(=O)N1C. The number of aliphatic hydroxyl groups excluding tert-OH is 1. The van der Waals surface area contributed by atoms with E-state index in [1.54, 1.807) is 47.6 Å². The third kappa shape index (κ3) is 24.8. The number of allylic oxidation sites excluding steroid dienone is 2. The summed E-state index contributed by atoms with van der Waals surface area (Å²) in [6.07, 6.45) is 2.42. The van der Waals surface area contributed by atoms with Crippen LogP contribution in [0.15, 0.2) is 12.2 Å². The second-order valence-electron chi connectivity index (χ2n) is 29.2. The molecule has 0 aromatic heterocycles. The van der Waals surface area contributed by atoms with Crippen LogP contribution in [-0.2, 0) is 52.7 Å². The van der Waals surface area contributed by atoms with E-state index < -0.39 is 161 Å². The normalized spacial score (nSPS) is 26.3. The van der Waals surface area contributed by atoms with Gasteiger partial charge < -0.3 is 70.3 Å². The van der Waals surface area contributed by atoms with Crippen LogP contribution in [-0.4, -0.2) is 285 Å². The average molecular weight is 1380 g/mol. The Morgan fingerprint density at radius 2 is 0.885 bits per heavy atom. The van der Waals surface area contributed by atoms with Crippen molar-refractivity contribution in [1.29, 1.82) is 0 Å². The van der Waals surface area contributed by atoms with Crippen molar-refractivity contribution in [1.82, 2.24) is 60.0 Å². The lowest BCUT2D eigenvalue weighted by molar-refractivity contribution is -0.161. The lowest BCUT2D eigenvalue weighted by Crippen LogP contribution is -2.64. The maximum Gasteiger partial charge on any atom is 0.248 e. The third-order valence-electron chi connectivity index (χ3n) is 18.6. The summed E-state index contributed by atoms with van der Waals surface area (Å²) in [5, 5.41) is 32.1. The number of carbonyl (C=O) groups excluding carboxylic acids is 11. The Kier molecular flexibility index (Phi) is 37.0. The van der Waals surface area contributed by atoms with Crippen molar-refractivity contribution < 1.29 is 63.0 Å². The van der Waals surface area contributed by atoms with Crippen LogP contribution in [0, 0.1) is 35.5 Å². The number of amides is 11. The molecule has 1 heterocycles. The minimum absolute atomic E-state index is 0.00126. The van der Waals surface area contributed by atoms with Gasteiger partial charge in [0.05, 0.1) is 11.7 Å². The summed E-state index contributed by atoms with van der Waals surface area (Å²) in [5.41, 5.74) is -1.59. The van der Waals surface area contributed by atoms with Gasteiger partial charge in [-0.15, -0.1) is 0 Å². The zero-order chi connectivity index (χ0) is 74.5.